The topological polar surface area (TPSA) is 96.0 Å². The van der Waals surface area contributed by atoms with Crippen molar-refractivity contribution in [1.82, 2.24) is 25.1 Å². The van der Waals surface area contributed by atoms with Crippen molar-refractivity contribution in [2.75, 3.05) is 25.5 Å². The summed E-state index contributed by atoms with van der Waals surface area (Å²) in [6.45, 7) is 1.58. The second kappa shape index (κ2) is 7.19. The molecule has 9 heteroatoms. The van der Waals surface area contributed by atoms with Crippen LogP contribution in [0.15, 0.2) is 24.7 Å². The molecule has 1 aromatic carbocycles. The molecule has 4 heterocycles. The Balaban J connectivity index is 1.37. The first-order chi connectivity index (χ1) is 15.2. The van der Waals surface area contributed by atoms with E-state index in [0.717, 1.165) is 65.0 Å². The standard InChI is InChI=1S/C22H21N6O2S/c1-30-17-9-15-13(10-25-27-15)7-16(17)26-20-19-14-4-3-12(22(29)28-5-2-6-28)8-18(14)31-21(19)24-11-23-20/h2,7,9-12H,3-6,8H2,1H3,(H,25,27)(H,23,24,26). The zero-order valence-electron chi connectivity index (χ0n) is 17.0. The monoisotopic (exact) mass is 433 g/mol. The third-order valence-electron chi connectivity index (χ3n) is 6.22. The Hall–Kier alpha value is -3.20. The zero-order valence-corrected chi connectivity index (χ0v) is 17.8. The number of fused-ring (bicyclic) bond motifs is 4. The lowest BCUT2D eigenvalue weighted by Gasteiger charge is -2.35. The van der Waals surface area contributed by atoms with Gasteiger partial charge < -0.3 is 15.0 Å². The summed E-state index contributed by atoms with van der Waals surface area (Å²) in [5, 5.41) is 12.6. The molecule has 1 aliphatic carbocycles. The molecule has 157 valence electrons. The molecule has 4 aromatic rings. The number of likely N-dealkylation sites (tertiary alicyclic amines) is 1. The number of hydrogen-bond donors (Lipinski definition) is 2. The number of anilines is 2. The molecular weight excluding hydrogens is 412 g/mol. The number of amides is 1. The predicted molar refractivity (Wildman–Crippen MR) is 120 cm³/mol. The van der Waals surface area contributed by atoms with Crippen LogP contribution in [0, 0.1) is 12.3 Å². The second-order valence-corrected chi connectivity index (χ2v) is 9.10. The molecule has 1 radical (unpaired) electrons. The molecule has 2 aliphatic rings. The fourth-order valence-corrected chi connectivity index (χ4v) is 5.74. The number of benzene rings is 1. The van der Waals surface area contributed by atoms with Crippen LogP contribution < -0.4 is 10.1 Å². The molecule has 3 aromatic heterocycles. The molecular formula is C22H21N6O2S. The van der Waals surface area contributed by atoms with Crippen LogP contribution in [0.2, 0.25) is 0 Å². The van der Waals surface area contributed by atoms with Gasteiger partial charge in [-0.2, -0.15) is 5.10 Å². The molecule has 1 unspecified atom stereocenters. The number of thiophene rings is 1. The molecule has 2 N–H and O–H groups in total. The molecule has 1 atom stereocenters. The van der Waals surface area contributed by atoms with Gasteiger partial charge in [0.15, 0.2) is 0 Å². The molecule has 8 nitrogen and oxygen atoms in total. The maximum Gasteiger partial charge on any atom is 0.226 e. The van der Waals surface area contributed by atoms with Crippen molar-refractivity contribution in [2.45, 2.75) is 19.3 Å². The fourth-order valence-electron chi connectivity index (χ4n) is 4.48. The van der Waals surface area contributed by atoms with Gasteiger partial charge in [0.2, 0.25) is 5.91 Å². The summed E-state index contributed by atoms with van der Waals surface area (Å²) in [6.07, 6.45) is 8.03. The highest BCUT2D eigenvalue weighted by Gasteiger charge is 2.33. The van der Waals surface area contributed by atoms with Crippen LogP contribution in [0.25, 0.3) is 21.1 Å². The number of nitrogens with zero attached hydrogens (tertiary/aromatic N) is 4. The van der Waals surface area contributed by atoms with E-state index < -0.39 is 0 Å². The van der Waals surface area contributed by atoms with Crippen LogP contribution in [0.4, 0.5) is 11.5 Å². The van der Waals surface area contributed by atoms with Crippen LogP contribution in [-0.2, 0) is 17.6 Å². The number of ether oxygens (including phenoxy) is 1. The van der Waals surface area contributed by atoms with Crippen molar-refractivity contribution < 1.29 is 9.53 Å². The van der Waals surface area contributed by atoms with Gasteiger partial charge >= 0.3 is 0 Å². The molecule has 0 spiro atoms. The van der Waals surface area contributed by atoms with Gasteiger partial charge in [-0.3, -0.25) is 9.89 Å². The maximum atomic E-state index is 12.7. The number of carbonyl (C=O) groups is 1. The summed E-state index contributed by atoms with van der Waals surface area (Å²) < 4.78 is 5.58. The number of aromatic amines is 1. The maximum absolute atomic E-state index is 12.7. The summed E-state index contributed by atoms with van der Waals surface area (Å²) in [6, 6.07) is 3.93. The Morgan fingerprint density at radius 3 is 3.03 bits per heavy atom. The minimum absolute atomic E-state index is 0.0715. The first-order valence-electron chi connectivity index (χ1n) is 10.3. The van der Waals surface area contributed by atoms with Gasteiger partial charge in [-0.25, -0.2) is 9.97 Å². The van der Waals surface area contributed by atoms with E-state index in [1.165, 1.54) is 10.4 Å². The minimum atomic E-state index is 0.0715. The highest BCUT2D eigenvalue weighted by molar-refractivity contribution is 7.19. The second-order valence-electron chi connectivity index (χ2n) is 8.01. The lowest BCUT2D eigenvalue weighted by molar-refractivity contribution is -0.137. The molecule has 1 saturated heterocycles. The van der Waals surface area contributed by atoms with E-state index >= 15 is 0 Å². The molecule has 31 heavy (non-hydrogen) atoms. The van der Waals surface area contributed by atoms with E-state index in [4.69, 9.17) is 4.74 Å². The first kappa shape index (κ1) is 18.6. The summed E-state index contributed by atoms with van der Waals surface area (Å²) in [7, 11) is 1.65. The van der Waals surface area contributed by atoms with Gasteiger partial charge in [-0.05, 0) is 30.9 Å². The SMILES string of the molecule is COc1cc2[nH]ncc2cc1Nc1ncnc2sc3c(c12)CCC(C(=O)N1C[CH]C1)C3. The van der Waals surface area contributed by atoms with E-state index in [1.54, 1.807) is 31.0 Å². The van der Waals surface area contributed by atoms with E-state index in [2.05, 4.69) is 31.9 Å². The third-order valence-corrected chi connectivity index (χ3v) is 7.38. The molecule has 6 rings (SSSR count). The number of rotatable bonds is 4. The Bertz CT molecular complexity index is 1310. The summed E-state index contributed by atoms with van der Waals surface area (Å²) in [4.78, 5) is 25.9. The Kier molecular flexibility index (Phi) is 4.31. The molecule has 1 aliphatic heterocycles. The molecule has 0 bridgehead atoms. The Labute approximate surface area is 182 Å². The molecule has 0 saturated carbocycles. The van der Waals surface area contributed by atoms with Gasteiger partial charge in [0.05, 0.1) is 29.9 Å². The van der Waals surface area contributed by atoms with Crippen LogP contribution in [0.3, 0.4) is 0 Å². The number of aryl methyl sites for hydroxylation is 1. The number of H-pyrrole nitrogens is 1. The number of carbonyl (C=O) groups excluding carboxylic acids is 1. The van der Waals surface area contributed by atoms with Gasteiger partial charge in [-0.15, -0.1) is 11.3 Å². The smallest absolute Gasteiger partial charge is 0.226 e. The number of methoxy groups -OCH3 is 1. The normalized spacial score (nSPS) is 18.1. The van der Waals surface area contributed by atoms with Crippen LogP contribution in [0.5, 0.6) is 5.75 Å². The van der Waals surface area contributed by atoms with Gasteiger partial charge in [0, 0.05) is 41.8 Å². The largest absolute Gasteiger partial charge is 0.494 e. The average Bonchev–Trinajstić information content (AvgIpc) is 3.35. The summed E-state index contributed by atoms with van der Waals surface area (Å²) >= 11 is 1.68. The highest BCUT2D eigenvalue weighted by Crippen LogP contribution is 2.42. The van der Waals surface area contributed by atoms with Gasteiger partial charge in [-0.1, -0.05) is 0 Å². The lowest BCUT2D eigenvalue weighted by Crippen LogP contribution is -2.46. The van der Waals surface area contributed by atoms with Crippen molar-refractivity contribution >= 4 is 49.9 Å². The highest BCUT2D eigenvalue weighted by atomic mass is 32.1. The van der Waals surface area contributed by atoms with Crippen molar-refractivity contribution in [1.29, 1.82) is 0 Å². The number of aromatic nitrogens is 4. The Morgan fingerprint density at radius 1 is 1.32 bits per heavy atom. The first-order valence-corrected chi connectivity index (χ1v) is 11.2. The van der Waals surface area contributed by atoms with Crippen LogP contribution >= 0.6 is 11.3 Å². The average molecular weight is 434 g/mol. The lowest BCUT2D eigenvalue weighted by atomic mass is 9.86. The predicted octanol–water partition coefficient (Wildman–Crippen LogP) is 3.47. The zero-order chi connectivity index (χ0) is 20.9. The summed E-state index contributed by atoms with van der Waals surface area (Å²) in [5.41, 5.74) is 3.01. The fraction of sp³-hybridized carbons (Fsp3) is 0.318. The van der Waals surface area contributed by atoms with Crippen LogP contribution in [-0.4, -0.2) is 51.2 Å². The van der Waals surface area contributed by atoms with E-state index in [-0.39, 0.29) is 11.8 Å². The van der Waals surface area contributed by atoms with Gasteiger partial charge in [0.1, 0.15) is 22.7 Å². The van der Waals surface area contributed by atoms with Crippen molar-refractivity contribution in [3.8, 4) is 5.75 Å². The van der Waals surface area contributed by atoms with Crippen molar-refractivity contribution in [3.05, 3.63) is 41.5 Å². The van der Waals surface area contributed by atoms with Gasteiger partial charge in [0.25, 0.3) is 0 Å². The van der Waals surface area contributed by atoms with Crippen molar-refractivity contribution in [2.24, 2.45) is 5.92 Å². The molecule has 1 amide bonds. The number of hydrogen-bond acceptors (Lipinski definition) is 7. The van der Waals surface area contributed by atoms with E-state index in [0.29, 0.717) is 5.75 Å². The minimum Gasteiger partial charge on any atom is -0.494 e. The van der Waals surface area contributed by atoms with E-state index in [1.807, 2.05) is 17.0 Å². The Morgan fingerprint density at radius 2 is 2.23 bits per heavy atom. The van der Waals surface area contributed by atoms with Crippen molar-refractivity contribution in [3.63, 3.8) is 0 Å². The third kappa shape index (κ3) is 3.03. The quantitative estimate of drug-likeness (QED) is 0.512. The molecule has 1 fully saturated rings. The van der Waals surface area contributed by atoms with Crippen LogP contribution in [0.1, 0.15) is 16.9 Å². The number of nitrogens with one attached hydrogen (secondary N) is 2. The summed E-state index contributed by atoms with van der Waals surface area (Å²) in [5.74, 6) is 1.84. The van der Waals surface area contributed by atoms with E-state index in [9.17, 15) is 4.79 Å².